The van der Waals surface area contributed by atoms with Gasteiger partial charge in [0, 0.05) is 73.1 Å². The summed E-state index contributed by atoms with van der Waals surface area (Å²) in [6.45, 7) is 4.16. The molecule has 1 aliphatic carbocycles. The fraction of sp³-hybridized carbons (Fsp3) is 0.415. The van der Waals surface area contributed by atoms with Crippen molar-refractivity contribution < 1.29 is 18.7 Å². The molecule has 3 aromatic heterocycles. The summed E-state index contributed by atoms with van der Waals surface area (Å²) in [5.74, 6) is 1.72. The topological polar surface area (TPSA) is 126 Å². The van der Waals surface area contributed by atoms with Crippen LogP contribution in [0.25, 0.3) is 22.0 Å². The van der Waals surface area contributed by atoms with Gasteiger partial charge in [-0.15, -0.1) is 10.2 Å². The lowest BCUT2D eigenvalue weighted by Crippen LogP contribution is -2.38. The Morgan fingerprint density at radius 3 is 2.61 bits per heavy atom. The number of anilines is 2. The number of nitrogens with one attached hydrogen (secondary N) is 3. The second-order valence-corrected chi connectivity index (χ2v) is 15.1. The van der Waals surface area contributed by atoms with Crippen LogP contribution in [-0.4, -0.2) is 63.3 Å². The molecule has 0 atom stereocenters. The van der Waals surface area contributed by atoms with Crippen LogP contribution in [0, 0.1) is 5.82 Å². The quantitative estimate of drug-likeness (QED) is 0.0764. The third-order valence-electron chi connectivity index (χ3n) is 10.3. The van der Waals surface area contributed by atoms with Crippen molar-refractivity contribution in [3.05, 3.63) is 94.4 Å². The highest BCUT2D eigenvalue weighted by Gasteiger charge is 2.23. The average molecular weight is 754 g/mol. The predicted octanol–water partition coefficient (Wildman–Crippen LogP) is 8.02. The van der Waals surface area contributed by atoms with Gasteiger partial charge in [0.25, 0.3) is 11.5 Å². The van der Waals surface area contributed by atoms with Crippen LogP contribution >= 0.6 is 11.9 Å². The summed E-state index contributed by atoms with van der Waals surface area (Å²) in [5.41, 5.74) is 3.70. The molecular weight excluding hydrogens is 706 g/mol. The van der Waals surface area contributed by atoms with Gasteiger partial charge in [0.2, 0.25) is 0 Å². The smallest absolute Gasteiger partial charge is 0.274 e. The highest BCUT2D eigenvalue weighted by atomic mass is 32.2. The van der Waals surface area contributed by atoms with Crippen molar-refractivity contribution in [2.45, 2.75) is 76.9 Å². The largest absolute Gasteiger partial charge is 0.454 e. The highest BCUT2D eigenvalue weighted by molar-refractivity contribution is 8.00. The molecule has 1 saturated heterocycles. The summed E-state index contributed by atoms with van der Waals surface area (Å²) in [7, 11) is 1.72. The van der Waals surface area contributed by atoms with Gasteiger partial charge in [-0.3, -0.25) is 9.59 Å². The number of rotatable bonds is 14. The Hall–Kier alpha value is -4.88. The van der Waals surface area contributed by atoms with Crippen LogP contribution < -0.4 is 25.2 Å². The zero-order chi connectivity index (χ0) is 37.4. The Morgan fingerprint density at radius 2 is 1.83 bits per heavy atom. The van der Waals surface area contributed by atoms with E-state index in [0.29, 0.717) is 42.0 Å². The second-order valence-electron chi connectivity index (χ2n) is 14.0. The first-order chi connectivity index (χ1) is 26.4. The Labute approximate surface area is 319 Å². The lowest BCUT2D eigenvalue weighted by atomic mass is 9.95. The normalized spacial score (nSPS) is 15.4. The number of aromatic nitrogens is 4. The summed E-state index contributed by atoms with van der Waals surface area (Å²) >= 11 is 1.57. The molecule has 284 valence electrons. The minimum Gasteiger partial charge on any atom is -0.454 e. The van der Waals surface area contributed by atoms with E-state index < -0.39 is 5.82 Å². The number of carbonyl (C=O) groups excluding carboxylic acids is 1. The predicted molar refractivity (Wildman–Crippen MR) is 213 cm³/mol. The van der Waals surface area contributed by atoms with E-state index in [2.05, 4.69) is 37.0 Å². The van der Waals surface area contributed by atoms with Crippen LogP contribution in [0.2, 0.25) is 0 Å². The number of hydrogen-bond donors (Lipinski definition) is 3. The Kier molecular flexibility index (Phi) is 12.1. The van der Waals surface area contributed by atoms with Crippen molar-refractivity contribution in [1.29, 1.82) is 0 Å². The summed E-state index contributed by atoms with van der Waals surface area (Å²) in [5, 5.41) is 12.4. The molecule has 2 aromatic carbocycles. The second kappa shape index (κ2) is 17.5. The van der Waals surface area contributed by atoms with E-state index in [1.165, 1.54) is 6.42 Å². The van der Waals surface area contributed by atoms with Crippen molar-refractivity contribution in [3.63, 3.8) is 0 Å². The fourth-order valence-electron chi connectivity index (χ4n) is 7.36. The summed E-state index contributed by atoms with van der Waals surface area (Å²) < 4.78 is 33.4. The van der Waals surface area contributed by atoms with Crippen molar-refractivity contribution in [2.24, 2.45) is 7.05 Å². The lowest BCUT2D eigenvalue weighted by Gasteiger charge is -2.32. The van der Waals surface area contributed by atoms with Gasteiger partial charge in [0.15, 0.2) is 23.1 Å². The molecule has 5 aromatic rings. The number of piperidine rings is 1. The first-order valence-electron chi connectivity index (χ1n) is 19.0. The molecule has 0 bridgehead atoms. The van der Waals surface area contributed by atoms with Crippen molar-refractivity contribution >= 4 is 40.3 Å². The van der Waals surface area contributed by atoms with Gasteiger partial charge in [0.05, 0.1) is 6.10 Å². The number of H-pyrrole nitrogens is 1. The van der Waals surface area contributed by atoms with E-state index in [9.17, 15) is 9.59 Å². The van der Waals surface area contributed by atoms with Crippen molar-refractivity contribution in [2.75, 3.05) is 35.1 Å². The van der Waals surface area contributed by atoms with Crippen LogP contribution in [0.4, 0.5) is 15.9 Å². The molecule has 11 nitrogen and oxygen atoms in total. The number of pyridine rings is 1. The molecule has 1 amide bonds. The molecule has 13 heteroatoms. The van der Waals surface area contributed by atoms with Gasteiger partial charge in [0.1, 0.15) is 11.3 Å². The molecule has 54 heavy (non-hydrogen) atoms. The van der Waals surface area contributed by atoms with Gasteiger partial charge < -0.3 is 34.0 Å². The van der Waals surface area contributed by atoms with Crippen LogP contribution in [0.5, 0.6) is 11.5 Å². The molecule has 7 rings (SSSR count). The minimum absolute atomic E-state index is 0.116. The summed E-state index contributed by atoms with van der Waals surface area (Å²) in [6.07, 6.45) is 12.1. The SMILES string of the molecule is CCSNc1ccc(Oc2cccc(CCCOC3CCN(c4ccc(C(=O)NC5CCCCC5)nn4)CC3)c2F)c(-c2cn(C)c(=O)c3[nH]ccc23)c1. The van der Waals surface area contributed by atoms with Crippen LogP contribution in [0.15, 0.2) is 71.8 Å². The number of fused-ring (bicyclic) bond motifs is 1. The van der Waals surface area contributed by atoms with Crippen molar-refractivity contribution in [3.8, 4) is 22.6 Å². The third kappa shape index (κ3) is 8.73. The van der Waals surface area contributed by atoms with E-state index in [0.717, 1.165) is 85.4 Å². The minimum atomic E-state index is -0.397. The number of aryl methyl sites for hydroxylation is 2. The maximum atomic E-state index is 15.9. The van der Waals surface area contributed by atoms with Gasteiger partial charge in [-0.25, -0.2) is 4.39 Å². The summed E-state index contributed by atoms with van der Waals surface area (Å²) in [6, 6.07) is 16.7. The Bertz CT molecular complexity index is 2110. The van der Waals surface area contributed by atoms with Crippen molar-refractivity contribution in [1.82, 2.24) is 25.1 Å². The molecule has 1 aliphatic heterocycles. The third-order valence-corrected chi connectivity index (χ3v) is 11.0. The van der Waals surface area contributed by atoms with Crippen LogP contribution in [-0.2, 0) is 18.2 Å². The Morgan fingerprint density at radius 1 is 1.00 bits per heavy atom. The number of ether oxygens (including phenoxy) is 2. The van der Waals surface area contributed by atoms with E-state index in [1.807, 2.05) is 36.4 Å². The van der Waals surface area contributed by atoms with E-state index in [1.54, 1.807) is 54.2 Å². The molecule has 4 heterocycles. The molecule has 2 aliphatic rings. The number of hydrogen-bond acceptors (Lipinski definition) is 9. The van der Waals surface area contributed by atoms with Gasteiger partial charge >= 0.3 is 0 Å². The molecule has 2 fully saturated rings. The molecule has 0 spiro atoms. The number of benzene rings is 2. The molecular formula is C41H48FN7O4S. The van der Waals surface area contributed by atoms with E-state index in [4.69, 9.17) is 9.47 Å². The first-order valence-corrected chi connectivity index (χ1v) is 20.0. The van der Waals surface area contributed by atoms with Crippen LogP contribution in [0.3, 0.4) is 0 Å². The first kappa shape index (κ1) is 37.4. The summed E-state index contributed by atoms with van der Waals surface area (Å²) in [4.78, 5) is 30.7. The lowest BCUT2D eigenvalue weighted by molar-refractivity contribution is 0.0356. The number of carbonyl (C=O) groups is 1. The molecule has 1 saturated carbocycles. The fourth-order valence-corrected chi connectivity index (χ4v) is 7.80. The molecule has 0 radical (unpaired) electrons. The van der Waals surface area contributed by atoms with E-state index in [-0.39, 0.29) is 29.4 Å². The number of halogens is 1. The highest BCUT2D eigenvalue weighted by Crippen LogP contribution is 2.39. The zero-order valence-electron chi connectivity index (χ0n) is 30.9. The standard InChI is InChI=1S/C41H48FN7O4S/c1-3-54-47-29-14-16-35(32(25-29)33-26-48(2)41(51)39-31(33)18-21-43-39)53-36-13-7-9-27(38(36)42)10-8-24-52-30-19-22-49(23-20-30)37-17-15-34(45-46-37)40(50)44-28-11-5-4-6-12-28/h7,9,13-18,21,25-26,28,30,43,47H,3-6,8,10-12,19-20,22-24H2,1-2H3,(H,44,50). The average Bonchev–Trinajstić information content (AvgIpc) is 3.70. The number of amides is 1. The number of aromatic amines is 1. The van der Waals surface area contributed by atoms with Gasteiger partial charge in [-0.1, -0.05) is 50.3 Å². The maximum absolute atomic E-state index is 15.9. The Balaban J connectivity index is 0.931. The maximum Gasteiger partial charge on any atom is 0.274 e. The van der Waals surface area contributed by atoms with Gasteiger partial charge in [-0.05, 0) is 86.6 Å². The van der Waals surface area contributed by atoms with Crippen LogP contribution in [0.1, 0.15) is 74.3 Å². The molecule has 0 unspecified atom stereocenters. The van der Waals surface area contributed by atoms with Gasteiger partial charge in [-0.2, -0.15) is 0 Å². The van der Waals surface area contributed by atoms with E-state index >= 15 is 4.39 Å². The zero-order valence-corrected chi connectivity index (χ0v) is 31.7. The number of nitrogens with zero attached hydrogens (tertiary/aromatic N) is 4. The monoisotopic (exact) mass is 753 g/mol. The molecule has 3 N–H and O–H groups in total.